The van der Waals surface area contributed by atoms with Crippen LogP contribution < -0.4 is 21.2 Å². The molecule has 2 saturated heterocycles. The van der Waals surface area contributed by atoms with E-state index in [1.165, 1.54) is 59.7 Å². The Kier molecular flexibility index (Phi) is 9.69. The molecule has 2 nitrogen and oxygen atoms in total. The molecule has 0 unspecified atom stereocenters. The molecule has 6 rings (SSSR count). The van der Waals surface area contributed by atoms with Crippen molar-refractivity contribution in [3.63, 3.8) is 0 Å². The maximum absolute atomic E-state index is 8.74. The van der Waals surface area contributed by atoms with Crippen LogP contribution in [0.15, 0.2) is 121 Å². The Morgan fingerprint density at radius 1 is 0.390 bits per heavy atom. The van der Waals surface area contributed by atoms with Gasteiger partial charge < -0.3 is 0 Å². The van der Waals surface area contributed by atoms with Gasteiger partial charge in [-0.3, -0.25) is 0 Å². The maximum atomic E-state index is 8.74. The average molecular weight is 718 g/mol. The summed E-state index contributed by atoms with van der Waals surface area (Å²) in [5, 5.41) is 5.48. The van der Waals surface area contributed by atoms with E-state index in [0.29, 0.717) is 0 Å². The molecule has 0 aliphatic carbocycles. The van der Waals surface area contributed by atoms with Crippen LogP contribution in [0.25, 0.3) is 0 Å². The molecule has 2 fully saturated rings. The fourth-order valence-electron chi connectivity index (χ4n) is 6.91. The molecule has 222 valence electrons. The minimum absolute atomic E-state index is 1.06. The summed E-state index contributed by atoms with van der Waals surface area (Å²) in [4.78, 5) is 0. The van der Waals surface area contributed by atoms with Crippen molar-refractivity contribution in [3.05, 3.63) is 121 Å². The third-order valence-corrected chi connectivity index (χ3v) is 53.8. The van der Waals surface area contributed by atoms with Gasteiger partial charge in [-0.15, -0.1) is 0 Å². The van der Waals surface area contributed by atoms with E-state index in [2.05, 4.69) is 131 Å². The zero-order valence-corrected chi connectivity index (χ0v) is 28.7. The van der Waals surface area contributed by atoms with E-state index in [4.69, 9.17) is 19.1 Å². The fraction of sp³-hybridized carbons (Fsp3) is 0.294. The van der Waals surface area contributed by atoms with Crippen LogP contribution in [0.1, 0.15) is 38.5 Å². The van der Waals surface area contributed by atoms with Gasteiger partial charge in [0.05, 0.1) is 0 Å². The molecule has 0 saturated carbocycles. The van der Waals surface area contributed by atoms with E-state index >= 15 is 0 Å². The van der Waals surface area contributed by atoms with Crippen molar-refractivity contribution in [1.29, 1.82) is 0 Å². The monoisotopic (exact) mass is 716 g/mol. The molecule has 0 bridgehead atoms. The molecule has 0 aromatic heterocycles. The van der Waals surface area contributed by atoms with Gasteiger partial charge in [0.2, 0.25) is 0 Å². The quantitative estimate of drug-likeness (QED) is 0.135. The average Bonchev–Trinajstić information content (AvgIpc) is 3.05. The molecular formula is C34H42Cl2N2P2Pd. The predicted molar refractivity (Wildman–Crippen MR) is 183 cm³/mol. The Balaban J connectivity index is 1.76. The van der Waals surface area contributed by atoms with Gasteiger partial charge in [0, 0.05) is 0 Å². The van der Waals surface area contributed by atoms with Crippen molar-refractivity contribution in [2.45, 2.75) is 38.5 Å². The zero-order chi connectivity index (χ0) is 28.2. The van der Waals surface area contributed by atoms with Crippen molar-refractivity contribution >= 4 is 51.5 Å². The number of nitrogens with zero attached hydrogens (tertiary/aromatic N) is 2. The third kappa shape index (κ3) is 5.20. The first-order valence-corrected chi connectivity index (χ1v) is 27.1. The summed E-state index contributed by atoms with van der Waals surface area (Å²) in [6.07, 6.45) is 7.34. The molecule has 41 heavy (non-hydrogen) atoms. The number of rotatable bonds is 8. The number of benzene rings is 4. The van der Waals surface area contributed by atoms with Crippen LogP contribution in [0.3, 0.4) is 0 Å². The summed E-state index contributed by atoms with van der Waals surface area (Å²) in [6.45, 7) is 4.23. The van der Waals surface area contributed by atoms with Gasteiger partial charge >= 0.3 is 259 Å². The summed E-state index contributed by atoms with van der Waals surface area (Å²) in [7, 11) is 17.5. The summed E-state index contributed by atoms with van der Waals surface area (Å²) in [5.74, 6) is 0. The van der Waals surface area contributed by atoms with E-state index in [1.807, 2.05) is 0 Å². The Labute approximate surface area is 257 Å². The Bertz CT molecular complexity index is 1200. The molecule has 4 aromatic rings. The zero-order valence-electron chi connectivity index (χ0n) is 23.6. The second kappa shape index (κ2) is 13.3. The SMILES string of the molecule is [Cl][Pd]([Cl])([PH](c1ccccc1)(c1ccccc1)N1CCCCC1)[PH](c1ccccc1)(c1ccccc1)N1CCCCC1. The van der Waals surface area contributed by atoms with Crippen molar-refractivity contribution < 1.29 is 12.5 Å². The van der Waals surface area contributed by atoms with Crippen molar-refractivity contribution in [3.8, 4) is 0 Å². The second-order valence-corrected chi connectivity index (χ2v) is 42.7. The van der Waals surface area contributed by atoms with Gasteiger partial charge in [0.15, 0.2) is 0 Å². The summed E-state index contributed by atoms with van der Waals surface area (Å²) < 4.78 is 5.69. The first-order valence-electron chi connectivity index (χ1n) is 14.9. The molecule has 0 spiro atoms. The van der Waals surface area contributed by atoms with Crippen LogP contribution in [0, 0.1) is 0 Å². The second-order valence-electron chi connectivity index (χ2n) is 11.1. The number of hydrogen-bond acceptors (Lipinski definition) is 2. The summed E-state index contributed by atoms with van der Waals surface area (Å²) in [6, 6.07) is 45.1. The number of piperidine rings is 2. The van der Waals surface area contributed by atoms with Crippen molar-refractivity contribution in [2.24, 2.45) is 0 Å². The van der Waals surface area contributed by atoms with E-state index in [-0.39, 0.29) is 0 Å². The van der Waals surface area contributed by atoms with Gasteiger partial charge in [-0.1, -0.05) is 0 Å². The molecule has 0 amide bonds. The number of halogens is 2. The van der Waals surface area contributed by atoms with Crippen LogP contribution in [0.4, 0.5) is 0 Å². The molecule has 0 atom stereocenters. The van der Waals surface area contributed by atoms with Gasteiger partial charge in [-0.05, 0) is 0 Å². The molecule has 0 radical (unpaired) electrons. The predicted octanol–water partition coefficient (Wildman–Crippen LogP) is 7.88. The number of hydrogen-bond donors (Lipinski definition) is 0. The minimum atomic E-state index is -3.51. The van der Waals surface area contributed by atoms with Crippen LogP contribution in [-0.4, -0.2) is 35.5 Å². The van der Waals surface area contributed by atoms with Gasteiger partial charge in [0.25, 0.3) is 0 Å². The Hall–Kier alpha value is -1.10. The van der Waals surface area contributed by atoms with Crippen LogP contribution in [-0.2, 0) is 12.5 Å². The van der Waals surface area contributed by atoms with Gasteiger partial charge in [-0.2, -0.15) is 0 Å². The van der Waals surface area contributed by atoms with E-state index in [0.717, 1.165) is 26.2 Å². The molecular weight excluding hydrogens is 676 g/mol. The molecule has 4 aromatic carbocycles. The fourth-order valence-corrected chi connectivity index (χ4v) is 64.2. The van der Waals surface area contributed by atoms with E-state index in [9.17, 15) is 0 Å². The van der Waals surface area contributed by atoms with Crippen LogP contribution in [0.5, 0.6) is 0 Å². The first-order chi connectivity index (χ1) is 20.1. The Morgan fingerprint density at radius 3 is 0.878 bits per heavy atom. The molecule has 2 aliphatic heterocycles. The van der Waals surface area contributed by atoms with Crippen LogP contribution >= 0.6 is 30.3 Å². The molecule has 2 aliphatic rings. The summed E-state index contributed by atoms with van der Waals surface area (Å²) >= 11 is -3.51. The third-order valence-electron chi connectivity index (χ3n) is 8.67. The van der Waals surface area contributed by atoms with Crippen molar-refractivity contribution in [1.82, 2.24) is 9.34 Å². The van der Waals surface area contributed by atoms with E-state index in [1.54, 1.807) is 0 Å². The van der Waals surface area contributed by atoms with Crippen LogP contribution in [0.2, 0.25) is 0 Å². The molecule has 0 N–H and O–H groups in total. The normalized spacial score (nSPS) is 19.0. The van der Waals surface area contributed by atoms with Gasteiger partial charge in [0.1, 0.15) is 0 Å². The topological polar surface area (TPSA) is 6.48 Å². The first kappa shape index (κ1) is 30.0. The summed E-state index contributed by atoms with van der Waals surface area (Å²) in [5.41, 5.74) is -5.85. The van der Waals surface area contributed by atoms with Gasteiger partial charge in [-0.25, -0.2) is 0 Å². The molecule has 7 heteroatoms. The Morgan fingerprint density at radius 2 is 0.634 bits per heavy atom. The van der Waals surface area contributed by atoms with Crippen molar-refractivity contribution in [2.75, 3.05) is 26.2 Å². The standard InChI is InChI=1S/2C17H20NP.2ClH.Pd/c2*1-4-10-16(11-5-1)19(17-12-6-2-7-13-17)18-14-8-3-9-15-18;;;/h2*1-2,4-7,10-13H,3,8-9,14-15H2;2*1H;. The molecule has 2 heterocycles. The van der Waals surface area contributed by atoms with E-state index < -0.39 is 23.7 Å².